The van der Waals surface area contributed by atoms with E-state index in [1.165, 1.54) is 30.3 Å². The average Bonchev–Trinajstić information content (AvgIpc) is 2.43. The van der Waals surface area contributed by atoms with E-state index in [0.717, 1.165) is 6.07 Å². The van der Waals surface area contributed by atoms with Crippen LogP contribution in [0.1, 0.15) is 26.3 Å². The van der Waals surface area contributed by atoms with E-state index < -0.39 is 11.9 Å². The predicted molar refractivity (Wildman–Crippen MR) is 75.9 cm³/mol. The van der Waals surface area contributed by atoms with Crippen molar-refractivity contribution >= 4 is 17.6 Å². The zero-order chi connectivity index (χ0) is 15.6. The van der Waals surface area contributed by atoms with Crippen molar-refractivity contribution in [2.45, 2.75) is 6.92 Å². The van der Waals surface area contributed by atoms with Crippen molar-refractivity contribution in [1.29, 1.82) is 0 Å². The van der Waals surface area contributed by atoms with Gasteiger partial charge in [-0.3, -0.25) is 4.79 Å². The Kier molecular flexibility index (Phi) is 3.80. The van der Waals surface area contributed by atoms with Gasteiger partial charge in [0, 0.05) is 11.1 Å². The van der Waals surface area contributed by atoms with Gasteiger partial charge in [0.1, 0.15) is 11.5 Å². The van der Waals surface area contributed by atoms with Crippen molar-refractivity contribution in [1.82, 2.24) is 0 Å². The lowest BCUT2D eigenvalue weighted by Gasteiger charge is -2.11. The summed E-state index contributed by atoms with van der Waals surface area (Å²) in [5.41, 5.74) is 0.472. The highest BCUT2D eigenvalue weighted by Crippen LogP contribution is 2.24. The molecule has 0 aliphatic rings. The van der Waals surface area contributed by atoms with Crippen LogP contribution in [0.3, 0.4) is 0 Å². The van der Waals surface area contributed by atoms with Gasteiger partial charge in [0.05, 0.1) is 11.3 Å². The first-order chi connectivity index (χ1) is 9.90. The summed E-state index contributed by atoms with van der Waals surface area (Å²) in [6.07, 6.45) is 0. The molecule has 2 aromatic carbocycles. The highest BCUT2D eigenvalue weighted by atomic mass is 16.4. The summed E-state index contributed by atoms with van der Waals surface area (Å²) in [6.45, 7) is 1.58. The van der Waals surface area contributed by atoms with Crippen LogP contribution in [0.4, 0.5) is 5.69 Å². The highest BCUT2D eigenvalue weighted by molar-refractivity contribution is 6.08. The summed E-state index contributed by atoms with van der Waals surface area (Å²) in [6, 6.07) is 8.12. The average molecular weight is 287 g/mol. The minimum atomic E-state index is -1.27. The van der Waals surface area contributed by atoms with Crippen LogP contribution in [0.15, 0.2) is 36.4 Å². The van der Waals surface area contributed by atoms with Gasteiger partial charge in [0.2, 0.25) is 0 Å². The molecule has 0 spiro atoms. The van der Waals surface area contributed by atoms with Crippen molar-refractivity contribution in [3.05, 3.63) is 53.1 Å². The molecule has 108 valence electrons. The SMILES string of the molecule is Cc1c(O)cccc1C(=O)Nc1ccc(O)cc1C(=O)O. The van der Waals surface area contributed by atoms with Gasteiger partial charge in [-0.25, -0.2) is 4.79 Å². The van der Waals surface area contributed by atoms with Crippen LogP contribution in [0, 0.1) is 6.92 Å². The van der Waals surface area contributed by atoms with Crippen LogP contribution in [0.5, 0.6) is 11.5 Å². The van der Waals surface area contributed by atoms with E-state index in [1.54, 1.807) is 6.92 Å². The molecule has 0 unspecified atom stereocenters. The lowest BCUT2D eigenvalue weighted by molar-refractivity contribution is 0.0697. The molecule has 4 N–H and O–H groups in total. The Morgan fingerprint density at radius 1 is 1.05 bits per heavy atom. The van der Waals surface area contributed by atoms with E-state index in [4.69, 9.17) is 5.11 Å². The van der Waals surface area contributed by atoms with E-state index in [2.05, 4.69) is 5.32 Å². The molecule has 0 fully saturated rings. The zero-order valence-corrected chi connectivity index (χ0v) is 11.1. The number of carboxylic acid groups (broad SMARTS) is 1. The minimum Gasteiger partial charge on any atom is -0.508 e. The van der Waals surface area contributed by atoms with Crippen molar-refractivity contribution < 1.29 is 24.9 Å². The lowest BCUT2D eigenvalue weighted by Crippen LogP contribution is -2.15. The summed E-state index contributed by atoms with van der Waals surface area (Å²) < 4.78 is 0. The van der Waals surface area contributed by atoms with E-state index in [0.29, 0.717) is 5.56 Å². The smallest absolute Gasteiger partial charge is 0.337 e. The fraction of sp³-hybridized carbons (Fsp3) is 0.0667. The number of benzene rings is 2. The first-order valence-electron chi connectivity index (χ1n) is 6.06. The molecule has 0 aromatic heterocycles. The molecule has 0 atom stereocenters. The number of carbonyl (C=O) groups is 2. The summed E-state index contributed by atoms with van der Waals surface area (Å²) in [4.78, 5) is 23.3. The molecule has 1 amide bonds. The molecule has 6 nitrogen and oxygen atoms in total. The molecule has 2 rings (SSSR count). The Hall–Kier alpha value is -3.02. The molecule has 21 heavy (non-hydrogen) atoms. The second kappa shape index (κ2) is 5.54. The van der Waals surface area contributed by atoms with Gasteiger partial charge in [0.25, 0.3) is 5.91 Å². The Bertz CT molecular complexity index is 724. The van der Waals surface area contributed by atoms with E-state index in [-0.39, 0.29) is 28.3 Å². The maximum atomic E-state index is 12.2. The molecular formula is C15H13NO5. The number of carbonyl (C=O) groups excluding carboxylic acids is 1. The Morgan fingerprint density at radius 2 is 1.76 bits per heavy atom. The van der Waals surface area contributed by atoms with Crippen LogP contribution in [0.25, 0.3) is 0 Å². The Morgan fingerprint density at radius 3 is 2.43 bits per heavy atom. The summed E-state index contributed by atoms with van der Waals surface area (Å²) in [7, 11) is 0. The molecule has 0 aliphatic heterocycles. The molecule has 0 aliphatic carbocycles. The Labute approximate surface area is 120 Å². The monoisotopic (exact) mass is 287 g/mol. The maximum absolute atomic E-state index is 12.2. The van der Waals surface area contributed by atoms with Gasteiger partial charge >= 0.3 is 5.97 Å². The van der Waals surface area contributed by atoms with E-state index in [9.17, 15) is 19.8 Å². The van der Waals surface area contributed by atoms with Gasteiger partial charge in [-0.2, -0.15) is 0 Å². The predicted octanol–water partition coefficient (Wildman–Crippen LogP) is 2.36. The number of nitrogens with one attached hydrogen (secondary N) is 1. The summed E-state index contributed by atoms with van der Waals surface area (Å²) in [5.74, 6) is -2.05. The van der Waals surface area contributed by atoms with E-state index >= 15 is 0 Å². The van der Waals surface area contributed by atoms with Gasteiger partial charge < -0.3 is 20.6 Å². The van der Waals surface area contributed by atoms with Crippen molar-refractivity contribution in [3.63, 3.8) is 0 Å². The number of rotatable bonds is 3. The molecule has 6 heteroatoms. The topological polar surface area (TPSA) is 107 Å². The van der Waals surface area contributed by atoms with E-state index in [1.807, 2.05) is 0 Å². The zero-order valence-electron chi connectivity index (χ0n) is 11.1. The van der Waals surface area contributed by atoms with Gasteiger partial charge in [-0.15, -0.1) is 0 Å². The van der Waals surface area contributed by atoms with Crippen LogP contribution in [-0.2, 0) is 0 Å². The van der Waals surface area contributed by atoms with Crippen molar-refractivity contribution in [2.75, 3.05) is 5.32 Å². The number of hydrogen-bond donors (Lipinski definition) is 4. The number of anilines is 1. The number of phenolic OH excluding ortho intramolecular Hbond substituents is 2. The normalized spacial score (nSPS) is 10.1. The number of hydrogen-bond acceptors (Lipinski definition) is 4. The third-order valence-electron chi connectivity index (χ3n) is 3.03. The number of aromatic carboxylic acids is 1. The number of carboxylic acids is 1. The van der Waals surface area contributed by atoms with Gasteiger partial charge in [-0.05, 0) is 37.3 Å². The molecular weight excluding hydrogens is 274 g/mol. The molecule has 0 saturated heterocycles. The number of aromatic hydroxyl groups is 2. The number of phenols is 2. The maximum Gasteiger partial charge on any atom is 0.337 e. The van der Waals surface area contributed by atoms with Gasteiger partial charge in [0.15, 0.2) is 0 Å². The molecule has 2 aromatic rings. The highest BCUT2D eigenvalue weighted by Gasteiger charge is 2.16. The van der Waals surface area contributed by atoms with Crippen molar-refractivity contribution in [3.8, 4) is 11.5 Å². The second-order valence-corrected chi connectivity index (χ2v) is 4.44. The largest absolute Gasteiger partial charge is 0.508 e. The molecule has 0 heterocycles. The fourth-order valence-electron chi connectivity index (χ4n) is 1.88. The molecule has 0 radical (unpaired) electrons. The third kappa shape index (κ3) is 2.94. The first-order valence-corrected chi connectivity index (χ1v) is 6.06. The van der Waals surface area contributed by atoms with Gasteiger partial charge in [-0.1, -0.05) is 6.07 Å². The lowest BCUT2D eigenvalue weighted by atomic mass is 10.1. The van der Waals surface area contributed by atoms with Crippen LogP contribution < -0.4 is 5.32 Å². The second-order valence-electron chi connectivity index (χ2n) is 4.44. The summed E-state index contributed by atoms with van der Waals surface area (Å²) in [5, 5.41) is 30.4. The van der Waals surface area contributed by atoms with Crippen LogP contribution in [0.2, 0.25) is 0 Å². The third-order valence-corrected chi connectivity index (χ3v) is 3.03. The van der Waals surface area contributed by atoms with Crippen LogP contribution in [-0.4, -0.2) is 27.2 Å². The quantitative estimate of drug-likeness (QED) is 0.648. The standard InChI is InChI=1S/C15H13NO5/c1-8-10(3-2-4-13(8)18)14(19)16-12-6-5-9(17)7-11(12)15(20)21/h2-7,17-18H,1H3,(H,16,19)(H,20,21). The minimum absolute atomic E-state index is 0.0215. The molecule has 0 saturated carbocycles. The summed E-state index contributed by atoms with van der Waals surface area (Å²) >= 11 is 0. The number of amides is 1. The molecule has 0 bridgehead atoms. The van der Waals surface area contributed by atoms with Crippen molar-refractivity contribution in [2.24, 2.45) is 0 Å². The van der Waals surface area contributed by atoms with Crippen LogP contribution >= 0.6 is 0 Å². The Balaban J connectivity index is 2.36. The first kappa shape index (κ1) is 14.4. The fourth-order valence-corrected chi connectivity index (χ4v) is 1.88.